The Morgan fingerprint density at radius 2 is 1.50 bits per heavy atom. The number of methoxy groups -OCH3 is 1. The van der Waals surface area contributed by atoms with E-state index in [0.717, 1.165) is 31.8 Å². The highest BCUT2D eigenvalue weighted by atomic mass is 127. The van der Waals surface area contributed by atoms with E-state index in [1.54, 1.807) is 7.11 Å². The van der Waals surface area contributed by atoms with Gasteiger partial charge < -0.3 is 9.47 Å². The molecule has 1 unspecified atom stereocenters. The molecule has 2 aliphatic rings. The van der Waals surface area contributed by atoms with Crippen molar-refractivity contribution >= 4 is 22.6 Å². The summed E-state index contributed by atoms with van der Waals surface area (Å²) in [6, 6.07) is 15.2. The Kier molecular flexibility index (Phi) is 23.7. The molecule has 0 bridgehead atoms. The Labute approximate surface area is 225 Å². The highest BCUT2D eigenvalue weighted by molar-refractivity contribution is 14.1. The number of rotatable bonds is 4. The van der Waals surface area contributed by atoms with E-state index in [1.807, 2.05) is 58.6 Å². The van der Waals surface area contributed by atoms with Gasteiger partial charge in [0.1, 0.15) is 5.75 Å². The lowest BCUT2D eigenvalue weighted by Gasteiger charge is -2.26. The summed E-state index contributed by atoms with van der Waals surface area (Å²) in [6.07, 6.45) is 9.63. The third-order valence-corrected chi connectivity index (χ3v) is 5.09. The van der Waals surface area contributed by atoms with Crippen molar-refractivity contribution in [1.82, 2.24) is 0 Å². The second-order valence-electron chi connectivity index (χ2n) is 7.09. The van der Waals surface area contributed by atoms with Crippen molar-refractivity contribution < 1.29 is 9.47 Å². The van der Waals surface area contributed by atoms with Crippen LogP contribution in [0, 0.1) is 18.3 Å². The first-order valence-corrected chi connectivity index (χ1v) is 15.1. The van der Waals surface area contributed by atoms with Crippen molar-refractivity contribution in [3.63, 3.8) is 0 Å². The van der Waals surface area contributed by atoms with E-state index < -0.39 is 0 Å². The van der Waals surface area contributed by atoms with E-state index in [1.165, 1.54) is 35.1 Å². The molecule has 2 aromatic rings. The van der Waals surface area contributed by atoms with Crippen LogP contribution in [0.15, 0.2) is 42.5 Å². The summed E-state index contributed by atoms with van der Waals surface area (Å²) in [5, 5.41) is 0. The van der Waals surface area contributed by atoms with Gasteiger partial charge in [0.05, 0.1) is 20.3 Å². The number of hydrogen-bond donors (Lipinski definition) is 0. The minimum atomic E-state index is 0.452. The number of alkyl halides is 1. The van der Waals surface area contributed by atoms with Crippen LogP contribution in [0.5, 0.6) is 5.75 Å². The van der Waals surface area contributed by atoms with Crippen LogP contribution in [0.4, 0.5) is 0 Å². The van der Waals surface area contributed by atoms with Gasteiger partial charge in [-0.15, -0.1) is 12.3 Å². The highest BCUT2D eigenvalue weighted by Crippen LogP contribution is 2.31. The Hall–Kier alpha value is -1.51. The minimum Gasteiger partial charge on any atom is -0.497 e. The molecule has 0 aromatic heterocycles. The lowest BCUT2D eigenvalue weighted by molar-refractivity contribution is 0.0909. The molecule has 0 N–H and O–H groups in total. The lowest BCUT2D eigenvalue weighted by atomic mass is 9.87. The molecular formula is C31H49IO2. The predicted octanol–water partition coefficient (Wildman–Crippen LogP) is 9.27. The number of terminal acetylenes is 1. The Morgan fingerprint density at radius 3 is 1.94 bits per heavy atom. The Morgan fingerprint density at radius 1 is 0.941 bits per heavy atom. The SMILES string of the molecule is C#CC1CC1.CC.CC.CC.CCc1ccc2c(c1)COCC2Cc1ccc(OC)cc1.CI. The topological polar surface area (TPSA) is 18.5 Å². The van der Waals surface area contributed by atoms with Gasteiger partial charge in [0.25, 0.3) is 0 Å². The van der Waals surface area contributed by atoms with E-state index >= 15 is 0 Å². The monoisotopic (exact) mass is 580 g/mol. The van der Waals surface area contributed by atoms with E-state index in [9.17, 15) is 0 Å². The van der Waals surface area contributed by atoms with Crippen LogP contribution >= 0.6 is 22.6 Å². The fourth-order valence-corrected chi connectivity index (χ4v) is 3.27. The molecule has 1 atom stereocenters. The van der Waals surface area contributed by atoms with Crippen molar-refractivity contribution in [2.24, 2.45) is 5.92 Å². The van der Waals surface area contributed by atoms with Crippen LogP contribution in [-0.2, 0) is 24.2 Å². The van der Waals surface area contributed by atoms with Gasteiger partial charge in [0.15, 0.2) is 0 Å². The quantitative estimate of drug-likeness (QED) is 0.204. The maximum atomic E-state index is 5.80. The molecule has 34 heavy (non-hydrogen) atoms. The van der Waals surface area contributed by atoms with Crippen LogP contribution in [0.25, 0.3) is 0 Å². The molecule has 0 amide bonds. The van der Waals surface area contributed by atoms with Crippen LogP contribution < -0.4 is 4.74 Å². The summed E-state index contributed by atoms with van der Waals surface area (Å²) in [6.45, 7) is 15.8. The van der Waals surface area contributed by atoms with Gasteiger partial charge in [-0.05, 0) is 65.0 Å². The van der Waals surface area contributed by atoms with Gasteiger partial charge in [-0.1, -0.05) is 101 Å². The normalized spacial score (nSPS) is 14.6. The largest absolute Gasteiger partial charge is 0.497 e. The van der Waals surface area contributed by atoms with Crippen LogP contribution in [0.1, 0.15) is 89.5 Å². The zero-order valence-electron chi connectivity index (χ0n) is 23.2. The first-order valence-electron chi connectivity index (χ1n) is 12.9. The summed E-state index contributed by atoms with van der Waals surface area (Å²) < 4.78 is 11.0. The Bertz CT molecular complexity index is 758. The van der Waals surface area contributed by atoms with E-state index in [2.05, 4.69) is 65.8 Å². The summed E-state index contributed by atoms with van der Waals surface area (Å²) in [5.41, 5.74) is 5.53. The van der Waals surface area contributed by atoms with Gasteiger partial charge in [-0.3, -0.25) is 0 Å². The third kappa shape index (κ3) is 13.4. The molecule has 2 nitrogen and oxygen atoms in total. The molecule has 1 saturated carbocycles. The molecular weight excluding hydrogens is 531 g/mol. The van der Waals surface area contributed by atoms with Gasteiger partial charge in [-0.2, -0.15) is 0 Å². The first kappa shape index (κ1) is 34.7. The van der Waals surface area contributed by atoms with Gasteiger partial charge in [-0.25, -0.2) is 0 Å². The average molecular weight is 581 g/mol. The second kappa shape index (κ2) is 23.2. The van der Waals surface area contributed by atoms with Crippen molar-refractivity contribution in [3.8, 4) is 18.1 Å². The van der Waals surface area contributed by atoms with E-state index in [0.29, 0.717) is 11.8 Å². The summed E-state index contributed by atoms with van der Waals surface area (Å²) in [4.78, 5) is 1.97. The van der Waals surface area contributed by atoms with Gasteiger partial charge >= 0.3 is 0 Å². The molecule has 2 aromatic carbocycles. The molecule has 1 aliphatic carbocycles. The molecule has 0 spiro atoms. The van der Waals surface area contributed by atoms with Crippen LogP contribution in [-0.4, -0.2) is 18.6 Å². The lowest BCUT2D eigenvalue weighted by Crippen LogP contribution is -2.19. The summed E-state index contributed by atoms with van der Waals surface area (Å²) >= 11 is 2.15. The molecule has 0 radical (unpaired) electrons. The van der Waals surface area contributed by atoms with E-state index in [4.69, 9.17) is 15.9 Å². The van der Waals surface area contributed by atoms with Crippen LogP contribution in [0.2, 0.25) is 0 Å². The number of fused-ring (bicyclic) bond motifs is 1. The number of hydrogen-bond acceptors (Lipinski definition) is 2. The molecule has 192 valence electrons. The fraction of sp³-hybridized carbons (Fsp3) is 0.548. The molecule has 1 heterocycles. The average Bonchev–Trinajstić information content (AvgIpc) is 3.79. The number of halogens is 1. The van der Waals surface area contributed by atoms with Crippen molar-refractivity contribution in [3.05, 3.63) is 64.7 Å². The maximum absolute atomic E-state index is 5.80. The second-order valence-corrected chi connectivity index (χ2v) is 7.09. The standard InChI is InChI=1S/C19H22O2.C5H6.3C2H6.CH3I/c1-3-14-6-9-19-16(10-14)12-21-13-17(19)11-15-4-7-18(20-2)8-5-15;1-2-5-3-4-5;4*1-2/h4-10,17H,3,11-13H2,1-2H3;1,5H,3-4H2;3*1-2H3;1H3. The molecule has 3 heteroatoms. The minimum absolute atomic E-state index is 0.452. The van der Waals surface area contributed by atoms with Gasteiger partial charge in [0, 0.05) is 11.8 Å². The molecule has 1 aliphatic heterocycles. The summed E-state index contributed by atoms with van der Waals surface area (Å²) in [7, 11) is 1.70. The number of ether oxygens (including phenoxy) is 2. The number of aryl methyl sites for hydroxylation is 1. The van der Waals surface area contributed by atoms with Crippen molar-refractivity contribution in [2.75, 3.05) is 18.6 Å². The predicted molar refractivity (Wildman–Crippen MR) is 160 cm³/mol. The molecule has 4 rings (SSSR count). The smallest absolute Gasteiger partial charge is 0.118 e. The summed E-state index contributed by atoms with van der Waals surface area (Å²) in [5.74, 6) is 4.66. The fourth-order valence-electron chi connectivity index (χ4n) is 3.27. The third-order valence-electron chi connectivity index (χ3n) is 5.09. The van der Waals surface area contributed by atoms with Crippen LogP contribution in [0.3, 0.4) is 0 Å². The Balaban J connectivity index is 0. The van der Waals surface area contributed by atoms with E-state index in [-0.39, 0.29) is 0 Å². The number of benzene rings is 2. The zero-order chi connectivity index (χ0) is 26.4. The highest BCUT2D eigenvalue weighted by Gasteiger charge is 2.21. The van der Waals surface area contributed by atoms with Crippen molar-refractivity contribution in [1.29, 1.82) is 0 Å². The molecule has 0 saturated heterocycles. The first-order chi connectivity index (χ1) is 16.7. The zero-order valence-corrected chi connectivity index (χ0v) is 25.4. The van der Waals surface area contributed by atoms with Crippen molar-refractivity contribution in [2.45, 2.75) is 86.7 Å². The van der Waals surface area contributed by atoms with Gasteiger partial charge in [0.2, 0.25) is 0 Å². The molecule has 1 fully saturated rings. The maximum Gasteiger partial charge on any atom is 0.118 e.